The molecule has 0 aromatic heterocycles. The van der Waals surface area contributed by atoms with E-state index in [1.54, 1.807) is 7.11 Å². The number of carbonyl (C=O) groups is 3. The fraction of sp³-hybridized carbons (Fsp3) is 0.344. The van der Waals surface area contributed by atoms with Crippen LogP contribution in [0, 0.1) is 18.8 Å². The Kier molecular flexibility index (Phi) is 6.47. The molecule has 0 radical (unpaired) electrons. The molecule has 7 heteroatoms. The highest BCUT2D eigenvalue weighted by Crippen LogP contribution is 2.52. The summed E-state index contributed by atoms with van der Waals surface area (Å²) >= 11 is 0. The molecule has 3 aliphatic rings. The van der Waals surface area contributed by atoms with Gasteiger partial charge in [0.2, 0.25) is 17.7 Å². The molecule has 7 nitrogen and oxygen atoms in total. The number of hydrogen-bond donors (Lipinski definition) is 1. The van der Waals surface area contributed by atoms with Gasteiger partial charge in [0, 0.05) is 19.1 Å². The number of nitrogens with one attached hydrogen (secondary N) is 1. The average molecular weight is 524 g/mol. The number of aryl methyl sites for hydroxylation is 1. The third kappa shape index (κ3) is 4.31. The highest BCUT2D eigenvalue weighted by Gasteiger charge is 2.68. The van der Waals surface area contributed by atoms with E-state index in [-0.39, 0.29) is 24.3 Å². The molecular weight excluding hydrogens is 490 g/mol. The van der Waals surface area contributed by atoms with Gasteiger partial charge in [0.05, 0.1) is 25.5 Å². The zero-order chi connectivity index (χ0) is 27.1. The summed E-state index contributed by atoms with van der Waals surface area (Å²) in [5, 5.41) is 3.58. The van der Waals surface area contributed by atoms with Gasteiger partial charge in [-0.1, -0.05) is 72.3 Å². The van der Waals surface area contributed by atoms with E-state index < -0.39 is 23.4 Å². The van der Waals surface area contributed by atoms with Crippen LogP contribution >= 0.6 is 0 Å². The quantitative estimate of drug-likeness (QED) is 0.494. The van der Waals surface area contributed by atoms with Crippen LogP contribution in [0.3, 0.4) is 0 Å². The second-order valence-corrected chi connectivity index (χ2v) is 10.9. The molecule has 39 heavy (non-hydrogen) atoms. The molecular formula is C32H33N3O4. The maximum Gasteiger partial charge on any atom is 0.244 e. The third-order valence-corrected chi connectivity index (χ3v) is 8.57. The maximum atomic E-state index is 14.3. The Balaban J connectivity index is 1.37. The fourth-order valence-corrected chi connectivity index (χ4v) is 6.61. The highest BCUT2D eigenvalue weighted by atomic mass is 16.5. The minimum Gasteiger partial charge on any atom is -0.497 e. The molecule has 3 amide bonds. The van der Waals surface area contributed by atoms with Crippen LogP contribution in [0.15, 0.2) is 78.9 Å². The number of likely N-dealkylation sites (tertiary alicyclic amines) is 2. The molecule has 3 saturated heterocycles. The van der Waals surface area contributed by atoms with Crippen LogP contribution in [0.4, 0.5) is 0 Å². The van der Waals surface area contributed by atoms with Crippen molar-refractivity contribution >= 4 is 17.7 Å². The van der Waals surface area contributed by atoms with Crippen molar-refractivity contribution in [2.75, 3.05) is 13.7 Å². The number of imide groups is 1. The number of methoxy groups -OCH3 is 1. The number of rotatable bonds is 6. The van der Waals surface area contributed by atoms with Crippen molar-refractivity contribution in [3.8, 4) is 5.75 Å². The third-order valence-electron chi connectivity index (χ3n) is 8.57. The second kappa shape index (κ2) is 9.97. The number of carbonyl (C=O) groups excluding carboxylic acids is 3. The predicted molar refractivity (Wildman–Crippen MR) is 146 cm³/mol. The van der Waals surface area contributed by atoms with E-state index in [1.165, 1.54) is 4.90 Å². The van der Waals surface area contributed by atoms with Gasteiger partial charge in [-0.3, -0.25) is 24.6 Å². The van der Waals surface area contributed by atoms with Gasteiger partial charge in [0.25, 0.3) is 0 Å². The summed E-state index contributed by atoms with van der Waals surface area (Å²) in [6.07, 6.45) is 1.27. The molecule has 4 atom stereocenters. The Morgan fingerprint density at radius 3 is 2.26 bits per heavy atom. The summed E-state index contributed by atoms with van der Waals surface area (Å²) in [5.41, 5.74) is 2.84. The van der Waals surface area contributed by atoms with Crippen LogP contribution in [0.1, 0.15) is 41.1 Å². The molecule has 3 aliphatic heterocycles. The predicted octanol–water partition coefficient (Wildman–Crippen LogP) is 4.01. The molecule has 0 bridgehead atoms. The van der Waals surface area contributed by atoms with E-state index in [4.69, 9.17) is 4.74 Å². The topological polar surface area (TPSA) is 79.0 Å². The van der Waals surface area contributed by atoms with E-state index in [0.717, 1.165) is 28.7 Å². The second-order valence-electron chi connectivity index (χ2n) is 10.9. The van der Waals surface area contributed by atoms with E-state index in [2.05, 4.69) is 5.32 Å². The number of ether oxygens (including phenoxy) is 1. The first-order valence-electron chi connectivity index (χ1n) is 13.6. The number of fused-ring (bicyclic) bond motifs is 2. The molecule has 200 valence electrons. The van der Waals surface area contributed by atoms with Crippen LogP contribution in [-0.4, -0.2) is 46.7 Å². The molecule has 3 aromatic rings. The zero-order valence-corrected chi connectivity index (χ0v) is 22.3. The van der Waals surface area contributed by atoms with Gasteiger partial charge in [-0.15, -0.1) is 0 Å². The van der Waals surface area contributed by atoms with Crippen molar-refractivity contribution in [1.82, 2.24) is 15.1 Å². The van der Waals surface area contributed by atoms with Gasteiger partial charge in [-0.25, -0.2) is 0 Å². The van der Waals surface area contributed by atoms with E-state index in [9.17, 15) is 14.4 Å². The summed E-state index contributed by atoms with van der Waals surface area (Å²) < 4.78 is 5.33. The van der Waals surface area contributed by atoms with Crippen LogP contribution < -0.4 is 10.1 Å². The lowest BCUT2D eigenvalue weighted by atomic mass is 9.74. The van der Waals surface area contributed by atoms with Gasteiger partial charge in [-0.05, 0) is 48.6 Å². The van der Waals surface area contributed by atoms with Crippen molar-refractivity contribution in [2.45, 2.75) is 44.4 Å². The monoisotopic (exact) mass is 523 g/mol. The SMILES string of the molecule is COc1ccc([C@H]2N[C@]3(CCCN(Cc4ccc(C)cc4)C3=O)[C@H]3C(=O)N(Cc4ccccc4)C(=O)[C@@H]23)cc1. The Morgan fingerprint density at radius 2 is 1.56 bits per heavy atom. The van der Waals surface area contributed by atoms with Crippen molar-refractivity contribution in [2.24, 2.45) is 11.8 Å². The highest BCUT2D eigenvalue weighted by molar-refractivity contribution is 6.10. The first kappa shape index (κ1) is 25.3. The molecule has 1 N–H and O–H groups in total. The molecule has 1 spiro atoms. The van der Waals surface area contributed by atoms with E-state index in [0.29, 0.717) is 25.3 Å². The fourth-order valence-electron chi connectivity index (χ4n) is 6.61. The smallest absolute Gasteiger partial charge is 0.244 e. The Morgan fingerprint density at radius 1 is 0.872 bits per heavy atom. The summed E-state index contributed by atoms with van der Waals surface area (Å²) in [6.45, 7) is 3.34. The van der Waals surface area contributed by atoms with Crippen LogP contribution in [0.5, 0.6) is 5.75 Å². The Bertz CT molecular complexity index is 1390. The minimum absolute atomic E-state index is 0.0944. The van der Waals surface area contributed by atoms with Gasteiger partial charge in [0.15, 0.2) is 0 Å². The van der Waals surface area contributed by atoms with Crippen LogP contribution in [-0.2, 0) is 27.5 Å². The van der Waals surface area contributed by atoms with Gasteiger partial charge in [0.1, 0.15) is 11.3 Å². The van der Waals surface area contributed by atoms with Crippen LogP contribution in [0.2, 0.25) is 0 Å². The summed E-state index contributed by atoms with van der Waals surface area (Å²) in [4.78, 5) is 45.6. The number of hydrogen-bond acceptors (Lipinski definition) is 5. The average Bonchev–Trinajstić information content (AvgIpc) is 3.42. The molecule has 0 aliphatic carbocycles. The number of benzene rings is 3. The lowest BCUT2D eigenvalue weighted by Crippen LogP contribution is -2.63. The lowest BCUT2D eigenvalue weighted by molar-refractivity contribution is -0.150. The van der Waals surface area contributed by atoms with Crippen molar-refractivity contribution in [1.29, 1.82) is 0 Å². The standard InChI is InChI=1S/C32H33N3O4/c1-21-9-11-23(12-10-21)19-34-18-6-17-32(31(34)38)27-26(28(33-32)24-13-15-25(39-2)16-14-24)29(36)35(30(27)37)20-22-7-4-3-5-8-22/h3-5,7-16,26-28,33H,6,17-20H2,1-2H3/t26-,27-,28-,32-/m1/s1. The first-order valence-corrected chi connectivity index (χ1v) is 13.6. The molecule has 3 aromatic carbocycles. The molecule has 0 unspecified atom stereocenters. The number of amides is 3. The molecule has 3 fully saturated rings. The van der Waals surface area contributed by atoms with Gasteiger partial charge in [-0.2, -0.15) is 0 Å². The van der Waals surface area contributed by atoms with E-state index >= 15 is 0 Å². The summed E-state index contributed by atoms with van der Waals surface area (Å²) in [6, 6.07) is 24.8. The largest absolute Gasteiger partial charge is 0.497 e. The first-order chi connectivity index (χ1) is 18.9. The lowest BCUT2D eigenvalue weighted by Gasteiger charge is -2.42. The van der Waals surface area contributed by atoms with Crippen molar-refractivity contribution in [3.05, 3.63) is 101 Å². The van der Waals surface area contributed by atoms with Crippen LogP contribution in [0.25, 0.3) is 0 Å². The minimum atomic E-state index is -1.13. The summed E-state index contributed by atoms with van der Waals surface area (Å²) in [5.74, 6) is -1.28. The maximum absolute atomic E-state index is 14.3. The normalized spacial score (nSPS) is 26.4. The molecule has 3 heterocycles. The Hall–Kier alpha value is -3.97. The zero-order valence-electron chi connectivity index (χ0n) is 22.3. The molecule has 6 rings (SSSR count). The van der Waals surface area contributed by atoms with Gasteiger partial charge >= 0.3 is 0 Å². The van der Waals surface area contributed by atoms with Gasteiger partial charge < -0.3 is 9.64 Å². The Labute approximate surface area is 228 Å². The number of nitrogens with zero attached hydrogens (tertiary/aromatic N) is 2. The van der Waals surface area contributed by atoms with Crippen molar-refractivity contribution < 1.29 is 19.1 Å². The summed E-state index contributed by atoms with van der Waals surface area (Å²) in [7, 11) is 1.61. The van der Waals surface area contributed by atoms with Crippen molar-refractivity contribution in [3.63, 3.8) is 0 Å². The van der Waals surface area contributed by atoms with E-state index in [1.807, 2.05) is 90.7 Å². The molecule has 0 saturated carbocycles. The number of piperidine rings is 1.